The van der Waals surface area contributed by atoms with E-state index in [0.29, 0.717) is 0 Å². The zero-order valence-electron chi connectivity index (χ0n) is 15.9. The van der Waals surface area contributed by atoms with E-state index in [9.17, 15) is 4.79 Å². The van der Waals surface area contributed by atoms with E-state index in [1.165, 1.54) is 0 Å². The van der Waals surface area contributed by atoms with Crippen molar-refractivity contribution in [3.63, 3.8) is 0 Å². The number of carbonyl (C=O) groups is 1. The van der Waals surface area contributed by atoms with Crippen LogP contribution in [0.2, 0.25) is 0 Å². The van der Waals surface area contributed by atoms with Gasteiger partial charge < -0.3 is 11.1 Å². The number of likely N-dealkylation sites (tertiary alicyclic amines) is 1. The van der Waals surface area contributed by atoms with Gasteiger partial charge in [-0.15, -0.1) is 37.2 Å². The van der Waals surface area contributed by atoms with E-state index in [1.807, 2.05) is 54.7 Å². The Kier molecular flexibility index (Phi) is 11.6. The fourth-order valence-electron chi connectivity index (χ4n) is 3.21. The molecule has 1 aliphatic heterocycles. The number of nitrogens with two attached hydrogens (primary N) is 1. The van der Waals surface area contributed by atoms with Gasteiger partial charge in [0.25, 0.3) is 0 Å². The van der Waals surface area contributed by atoms with Crippen LogP contribution >= 0.6 is 37.2 Å². The van der Waals surface area contributed by atoms with Gasteiger partial charge in [0.1, 0.15) is 5.54 Å². The first kappa shape index (κ1) is 26.6. The molecule has 0 saturated carbocycles. The summed E-state index contributed by atoms with van der Waals surface area (Å²) in [4.78, 5) is 19.4. The normalized spacial score (nSPS) is 16.5. The van der Waals surface area contributed by atoms with Gasteiger partial charge in [0.2, 0.25) is 5.91 Å². The van der Waals surface area contributed by atoms with E-state index in [4.69, 9.17) is 5.73 Å². The van der Waals surface area contributed by atoms with Gasteiger partial charge in [0.15, 0.2) is 0 Å². The molecule has 2 heterocycles. The molecule has 1 saturated heterocycles. The molecule has 1 atom stereocenters. The molecule has 0 bridgehead atoms. The minimum Gasteiger partial charge on any atom is -0.351 e. The molecule has 156 valence electrons. The summed E-state index contributed by atoms with van der Waals surface area (Å²) in [7, 11) is 0. The Bertz CT molecular complexity index is 693. The lowest BCUT2D eigenvalue weighted by Crippen LogP contribution is -2.54. The molecule has 1 aromatic heterocycles. The molecule has 3 rings (SSSR count). The summed E-state index contributed by atoms with van der Waals surface area (Å²) in [6.07, 6.45) is 3.70. The highest BCUT2D eigenvalue weighted by Crippen LogP contribution is 2.19. The second-order valence-corrected chi connectivity index (χ2v) is 6.91. The van der Waals surface area contributed by atoms with Crippen LogP contribution in [0.5, 0.6) is 0 Å². The van der Waals surface area contributed by atoms with Crippen LogP contribution in [0.4, 0.5) is 0 Å². The number of rotatable bonds is 5. The highest BCUT2D eigenvalue weighted by Gasteiger charge is 2.32. The van der Waals surface area contributed by atoms with Crippen LogP contribution in [-0.4, -0.2) is 34.9 Å². The molecule has 0 radical (unpaired) electrons. The summed E-state index contributed by atoms with van der Waals surface area (Å²) in [6, 6.07) is 15.7. The first-order valence-electron chi connectivity index (χ1n) is 8.83. The van der Waals surface area contributed by atoms with Gasteiger partial charge in [-0.05, 0) is 37.5 Å². The van der Waals surface area contributed by atoms with Crippen LogP contribution in [-0.2, 0) is 16.9 Å². The number of piperidine rings is 1. The first-order chi connectivity index (χ1) is 12.1. The second-order valence-electron chi connectivity index (χ2n) is 6.91. The number of halogens is 3. The van der Waals surface area contributed by atoms with Crippen molar-refractivity contribution >= 4 is 43.1 Å². The van der Waals surface area contributed by atoms with Crippen molar-refractivity contribution in [2.45, 2.75) is 37.9 Å². The average Bonchev–Trinajstić information content (AvgIpc) is 2.65. The molecule has 0 aliphatic carbocycles. The Morgan fingerprint density at radius 3 is 2.29 bits per heavy atom. The lowest BCUT2D eigenvalue weighted by atomic mass is 9.91. The zero-order valence-corrected chi connectivity index (χ0v) is 18.4. The molecule has 5 nitrogen and oxygen atoms in total. The molecule has 1 aliphatic rings. The topological polar surface area (TPSA) is 71.2 Å². The molecule has 2 aromatic rings. The molecule has 1 amide bonds. The number of hydrogen-bond acceptors (Lipinski definition) is 4. The van der Waals surface area contributed by atoms with E-state index >= 15 is 0 Å². The Hall–Kier alpha value is -1.37. The Labute approximate surface area is 185 Å². The van der Waals surface area contributed by atoms with Crippen molar-refractivity contribution in [1.82, 2.24) is 15.2 Å². The molecule has 1 unspecified atom stereocenters. The number of nitrogens with zero attached hydrogens (tertiary/aromatic N) is 2. The van der Waals surface area contributed by atoms with E-state index < -0.39 is 5.54 Å². The van der Waals surface area contributed by atoms with E-state index in [1.54, 1.807) is 6.92 Å². The number of nitrogens with one attached hydrogen (secondary N) is 1. The molecular weight excluding hydrogens is 419 g/mol. The number of benzene rings is 1. The number of pyridine rings is 1. The molecular formula is C20H29Cl3N4O. The van der Waals surface area contributed by atoms with Crippen LogP contribution < -0.4 is 11.1 Å². The average molecular weight is 448 g/mol. The number of carbonyl (C=O) groups excluding carboxylic acids is 1. The predicted octanol–water partition coefficient (Wildman–Crippen LogP) is 3.30. The maximum atomic E-state index is 12.6. The maximum Gasteiger partial charge on any atom is 0.244 e. The Morgan fingerprint density at radius 1 is 1.11 bits per heavy atom. The molecule has 1 fully saturated rings. The van der Waals surface area contributed by atoms with Gasteiger partial charge in [-0.3, -0.25) is 14.7 Å². The van der Waals surface area contributed by atoms with Gasteiger partial charge in [-0.25, -0.2) is 0 Å². The van der Waals surface area contributed by atoms with E-state index in [0.717, 1.165) is 43.7 Å². The van der Waals surface area contributed by atoms with Crippen LogP contribution in [0, 0.1) is 0 Å². The van der Waals surface area contributed by atoms with E-state index in [2.05, 4.69) is 15.2 Å². The van der Waals surface area contributed by atoms with Crippen molar-refractivity contribution < 1.29 is 4.79 Å². The van der Waals surface area contributed by atoms with Gasteiger partial charge in [0.05, 0.1) is 5.69 Å². The van der Waals surface area contributed by atoms with Crippen molar-refractivity contribution in [3.05, 3.63) is 66.0 Å². The Balaban J connectivity index is 0.00000243. The third kappa shape index (κ3) is 6.90. The van der Waals surface area contributed by atoms with Gasteiger partial charge in [-0.2, -0.15) is 0 Å². The quantitative estimate of drug-likeness (QED) is 0.738. The van der Waals surface area contributed by atoms with Gasteiger partial charge in [0, 0.05) is 31.9 Å². The van der Waals surface area contributed by atoms with Crippen LogP contribution in [0.25, 0.3) is 0 Å². The van der Waals surface area contributed by atoms with E-state index in [-0.39, 0.29) is 49.2 Å². The number of hydrogen-bond donors (Lipinski definition) is 2. The smallest absolute Gasteiger partial charge is 0.244 e. The zero-order chi connectivity index (χ0) is 17.7. The van der Waals surface area contributed by atoms with Crippen LogP contribution in [0.15, 0.2) is 54.7 Å². The molecule has 8 heteroatoms. The lowest BCUT2D eigenvalue weighted by molar-refractivity contribution is -0.127. The lowest BCUT2D eigenvalue weighted by Gasteiger charge is -2.34. The fraction of sp³-hybridized carbons (Fsp3) is 0.400. The molecule has 0 spiro atoms. The highest BCUT2D eigenvalue weighted by molar-refractivity contribution is 5.87. The van der Waals surface area contributed by atoms with Crippen molar-refractivity contribution in [3.8, 4) is 0 Å². The third-order valence-corrected chi connectivity index (χ3v) is 4.88. The fourth-order valence-corrected chi connectivity index (χ4v) is 3.21. The van der Waals surface area contributed by atoms with Gasteiger partial charge >= 0.3 is 0 Å². The summed E-state index contributed by atoms with van der Waals surface area (Å²) in [5, 5.41) is 3.14. The largest absolute Gasteiger partial charge is 0.351 e. The standard InChI is InChI=1S/C20H26N4O.3ClH/c1-20(21,16-7-3-2-4-8-16)19(25)23-17-10-13-24(14-11-17)15-18-9-5-6-12-22-18;;;/h2-9,12,17H,10-11,13-15,21H2,1H3,(H,23,25);3*1H. The van der Waals surface area contributed by atoms with Crippen molar-refractivity contribution in [2.75, 3.05) is 13.1 Å². The van der Waals surface area contributed by atoms with Crippen LogP contribution in [0.1, 0.15) is 31.0 Å². The summed E-state index contributed by atoms with van der Waals surface area (Å²) in [5.74, 6) is -0.109. The summed E-state index contributed by atoms with van der Waals surface area (Å²) in [6.45, 7) is 4.54. The Morgan fingerprint density at radius 2 is 1.71 bits per heavy atom. The molecule has 1 aromatic carbocycles. The predicted molar refractivity (Wildman–Crippen MR) is 120 cm³/mol. The SMILES string of the molecule is CC(N)(C(=O)NC1CCN(Cc2ccccn2)CC1)c1ccccc1.Cl.Cl.Cl. The third-order valence-electron chi connectivity index (χ3n) is 4.88. The van der Waals surface area contributed by atoms with Crippen molar-refractivity contribution in [2.24, 2.45) is 5.73 Å². The maximum absolute atomic E-state index is 12.6. The van der Waals surface area contributed by atoms with Crippen LogP contribution in [0.3, 0.4) is 0 Å². The molecule has 3 N–H and O–H groups in total. The minimum absolute atomic E-state index is 0. The monoisotopic (exact) mass is 446 g/mol. The number of aromatic nitrogens is 1. The highest BCUT2D eigenvalue weighted by atomic mass is 35.5. The van der Waals surface area contributed by atoms with Gasteiger partial charge in [-0.1, -0.05) is 36.4 Å². The first-order valence-corrected chi connectivity index (χ1v) is 8.83. The second kappa shape index (κ2) is 12.2. The summed E-state index contributed by atoms with van der Waals surface area (Å²) >= 11 is 0. The van der Waals surface area contributed by atoms with Crippen molar-refractivity contribution in [1.29, 1.82) is 0 Å². The summed E-state index contributed by atoms with van der Waals surface area (Å²) in [5.41, 5.74) is 7.21. The molecule has 28 heavy (non-hydrogen) atoms. The summed E-state index contributed by atoms with van der Waals surface area (Å²) < 4.78 is 0. The number of amides is 1. The minimum atomic E-state index is -1.01.